The topological polar surface area (TPSA) is 51.8 Å². The molecule has 3 rings (SSSR count). The quantitative estimate of drug-likeness (QED) is 0.770. The Balaban J connectivity index is 1.52. The van der Waals surface area contributed by atoms with Crippen LogP contribution in [0.3, 0.4) is 0 Å². The van der Waals surface area contributed by atoms with Crippen LogP contribution < -0.4 is 24.8 Å². The molecule has 1 aliphatic heterocycles. The van der Waals surface area contributed by atoms with Crippen LogP contribution in [0.1, 0.15) is 11.1 Å². The van der Waals surface area contributed by atoms with Crippen molar-refractivity contribution < 1.29 is 27.4 Å². The predicted octanol–water partition coefficient (Wildman–Crippen LogP) is 3.48. The van der Waals surface area contributed by atoms with E-state index >= 15 is 0 Å². The van der Waals surface area contributed by atoms with Gasteiger partial charge in [0.15, 0.2) is 16.6 Å². The normalized spacial score (nSPS) is 12.6. The largest absolute Gasteiger partial charge is 0.573 e. The summed E-state index contributed by atoms with van der Waals surface area (Å²) in [5, 5.41) is 6.16. The Bertz CT molecular complexity index is 799. The molecule has 0 spiro atoms. The van der Waals surface area contributed by atoms with Crippen LogP contribution in [0.4, 0.5) is 13.2 Å². The van der Waals surface area contributed by atoms with Gasteiger partial charge in [0.1, 0.15) is 5.75 Å². The second-order valence-corrected chi connectivity index (χ2v) is 5.79. The number of rotatable bonds is 5. The second kappa shape index (κ2) is 7.69. The van der Waals surface area contributed by atoms with Gasteiger partial charge in [-0.15, -0.1) is 13.2 Å². The number of para-hydroxylation sites is 1. The Labute approximate surface area is 153 Å². The summed E-state index contributed by atoms with van der Waals surface area (Å²) in [5.74, 6) is 1.10. The maximum Gasteiger partial charge on any atom is 0.573 e. The molecular weight excluding hydrogens is 369 g/mol. The van der Waals surface area contributed by atoms with Crippen LogP contribution in [0, 0.1) is 0 Å². The lowest BCUT2D eigenvalue weighted by Crippen LogP contribution is -2.34. The minimum atomic E-state index is -4.74. The van der Waals surface area contributed by atoms with Gasteiger partial charge >= 0.3 is 6.36 Å². The third kappa shape index (κ3) is 4.92. The van der Waals surface area contributed by atoms with Crippen LogP contribution in [0.15, 0.2) is 42.5 Å². The van der Waals surface area contributed by atoms with Crippen molar-refractivity contribution >= 4 is 17.3 Å². The van der Waals surface area contributed by atoms with E-state index in [0.29, 0.717) is 28.7 Å². The van der Waals surface area contributed by atoms with Gasteiger partial charge in [0.05, 0.1) is 0 Å². The van der Waals surface area contributed by atoms with Crippen molar-refractivity contribution in [3.8, 4) is 17.2 Å². The monoisotopic (exact) mass is 384 g/mol. The van der Waals surface area contributed by atoms with Gasteiger partial charge in [-0.25, -0.2) is 0 Å². The van der Waals surface area contributed by atoms with Crippen LogP contribution in [0.25, 0.3) is 0 Å². The van der Waals surface area contributed by atoms with Crippen LogP contribution in [-0.4, -0.2) is 18.3 Å². The lowest BCUT2D eigenvalue weighted by atomic mass is 10.2. The van der Waals surface area contributed by atoms with Crippen LogP contribution in [0.5, 0.6) is 17.2 Å². The number of hydrogen-bond acceptors (Lipinski definition) is 4. The molecule has 2 N–H and O–H groups in total. The highest BCUT2D eigenvalue weighted by atomic mass is 32.1. The van der Waals surface area contributed by atoms with Gasteiger partial charge in [-0.05, 0) is 36.0 Å². The molecule has 0 aliphatic carbocycles. The highest BCUT2D eigenvalue weighted by Crippen LogP contribution is 2.32. The van der Waals surface area contributed by atoms with Crippen molar-refractivity contribution in [3.05, 3.63) is 53.6 Å². The SMILES string of the molecule is FC(F)(F)Oc1ccccc1CNC(=S)NCc1ccc2c(c1)OCO2. The molecule has 0 bridgehead atoms. The van der Waals surface area contributed by atoms with Gasteiger partial charge in [0.25, 0.3) is 0 Å². The average Bonchev–Trinajstić information content (AvgIpc) is 3.05. The third-order valence-corrected chi connectivity index (χ3v) is 3.82. The standard InChI is InChI=1S/C17H15F3N2O3S/c18-17(19,20)25-13-4-2-1-3-12(13)9-22-16(26)21-8-11-5-6-14-15(7-11)24-10-23-14/h1-7H,8-10H2,(H2,21,22,26). The van der Waals surface area contributed by atoms with Gasteiger partial charge < -0.3 is 24.8 Å². The van der Waals surface area contributed by atoms with E-state index in [-0.39, 0.29) is 19.1 Å². The Morgan fingerprint density at radius 2 is 1.77 bits per heavy atom. The van der Waals surface area contributed by atoms with Gasteiger partial charge in [0.2, 0.25) is 6.79 Å². The molecule has 0 saturated heterocycles. The number of thiocarbonyl (C=S) groups is 1. The summed E-state index contributed by atoms with van der Waals surface area (Å²) in [6.45, 7) is 0.730. The number of alkyl halides is 3. The summed E-state index contributed by atoms with van der Waals surface area (Å²) >= 11 is 5.16. The van der Waals surface area contributed by atoms with Crippen LogP contribution >= 0.6 is 12.2 Å². The van der Waals surface area contributed by atoms with Crippen LogP contribution in [-0.2, 0) is 13.1 Å². The first-order valence-corrected chi connectivity index (χ1v) is 8.05. The number of halogens is 3. The van der Waals surface area contributed by atoms with Gasteiger partial charge in [-0.1, -0.05) is 24.3 Å². The Morgan fingerprint density at radius 1 is 1.04 bits per heavy atom. The number of nitrogens with one attached hydrogen (secondary N) is 2. The van der Waals surface area contributed by atoms with E-state index in [9.17, 15) is 13.2 Å². The molecule has 0 unspecified atom stereocenters. The molecule has 0 aromatic heterocycles. The molecule has 26 heavy (non-hydrogen) atoms. The fourth-order valence-corrected chi connectivity index (χ4v) is 2.49. The fraction of sp³-hybridized carbons (Fsp3) is 0.235. The molecule has 2 aromatic carbocycles. The van der Waals surface area contributed by atoms with Crippen molar-refractivity contribution in [3.63, 3.8) is 0 Å². The molecule has 0 fully saturated rings. The molecule has 9 heteroatoms. The summed E-state index contributed by atoms with van der Waals surface area (Å²) in [6, 6.07) is 11.4. The van der Waals surface area contributed by atoms with Crippen molar-refractivity contribution in [1.29, 1.82) is 0 Å². The Morgan fingerprint density at radius 3 is 2.58 bits per heavy atom. The lowest BCUT2D eigenvalue weighted by Gasteiger charge is -2.15. The smallest absolute Gasteiger partial charge is 0.454 e. The minimum absolute atomic E-state index is 0.0965. The van der Waals surface area contributed by atoms with E-state index in [1.807, 2.05) is 12.1 Å². The summed E-state index contributed by atoms with van der Waals surface area (Å²) in [6.07, 6.45) is -4.74. The van der Waals surface area contributed by atoms with Crippen molar-refractivity contribution in [2.45, 2.75) is 19.5 Å². The molecular formula is C17H15F3N2O3S. The third-order valence-electron chi connectivity index (χ3n) is 3.53. The molecule has 1 aliphatic rings. The first-order valence-electron chi connectivity index (χ1n) is 7.64. The van der Waals surface area contributed by atoms with Gasteiger partial charge in [-0.2, -0.15) is 0 Å². The molecule has 0 amide bonds. The van der Waals surface area contributed by atoms with E-state index in [0.717, 1.165) is 5.56 Å². The van der Waals surface area contributed by atoms with Crippen molar-refractivity contribution in [1.82, 2.24) is 10.6 Å². The maximum absolute atomic E-state index is 12.4. The Hall–Kier alpha value is -2.68. The number of hydrogen-bond donors (Lipinski definition) is 2. The first kappa shape index (κ1) is 18.1. The van der Waals surface area contributed by atoms with E-state index < -0.39 is 6.36 Å². The molecule has 0 saturated carbocycles. The zero-order valence-electron chi connectivity index (χ0n) is 13.4. The summed E-state index contributed by atoms with van der Waals surface area (Å²) in [4.78, 5) is 0. The number of fused-ring (bicyclic) bond motifs is 1. The molecule has 2 aromatic rings. The zero-order chi connectivity index (χ0) is 18.6. The lowest BCUT2D eigenvalue weighted by molar-refractivity contribution is -0.274. The predicted molar refractivity (Wildman–Crippen MR) is 92.0 cm³/mol. The van der Waals surface area contributed by atoms with E-state index in [1.54, 1.807) is 12.1 Å². The highest BCUT2D eigenvalue weighted by molar-refractivity contribution is 7.80. The Kier molecular flexibility index (Phi) is 5.36. The number of benzene rings is 2. The van der Waals surface area contributed by atoms with Gasteiger partial charge in [-0.3, -0.25) is 0 Å². The molecule has 138 valence electrons. The van der Waals surface area contributed by atoms with Crippen LogP contribution in [0.2, 0.25) is 0 Å². The van der Waals surface area contributed by atoms with Crippen molar-refractivity contribution in [2.24, 2.45) is 0 Å². The summed E-state index contributed by atoms with van der Waals surface area (Å²) in [7, 11) is 0. The maximum atomic E-state index is 12.4. The van der Waals surface area contributed by atoms with Gasteiger partial charge in [0, 0.05) is 18.7 Å². The molecule has 0 radical (unpaired) electrons. The number of ether oxygens (including phenoxy) is 3. The fourth-order valence-electron chi connectivity index (χ4n) is 2.35. The molecule has 0 atom stereocenters. The minimum Gasteiger partial charge on any atom is -0.454 e. The summed E-state index contributed by atoms with van der Waals surface area (Å²) < 4.78 is 51.8. The van der Waals surface area contributed by atoms with E-state index in [4.69, 9.17) is 21.7 Å². The molecule has 5 nitrogen and oxygen atoms in total. The zero-order valence-corrected chi connectivity index (χ0v) is 14.2. The summed E-state index contributed by atoms with van der Waals surface area (Å²) in [5.41, 5.74) is 1.27. The molecule has 1 heterocycles. The van der Waals surface area contributed by atoms with E-state index in [1.165, 1.54) is 18.2 Å². The van der Waals surface area contributed by atoms with Crippen molar-refractivity contribution in [2.75, 3.05) is 6.79 Å². The highest BCUT2D eigenvalue weighted by Gasteiger charge is 2.31. The second-order valence-electron chi connectivity index (χ2n) is 5.38. The van der Waals surface area contributed by atoms with E-state index in [2.05, 4.69) is 15.4 Å². The average molecular weight is 384 g/mol. The first-order chi connectivity index (χ1) is 12.4.